The van der Waals surface area contributed by atoms with Crippen molar-refractivity contribution in [3.63, 3.8) is 0 Å². The quantitative estimate of drug-likeness (QED) is 0.545. The zero-order chi connectivity index (χ0) is 20.2. The molecule has 4 rings (SSSR count). The molecule has 3 aromatic rings. The normalized spacial score (nSPS) is 11.9. The standard InChI is InChI=1S/C22H18Cl2N2O3/c23-17-7-8-19(18(24)11-17)25-22(27)26(12-15-4-2-1-3-5-15)13-16-6-9-20-21(10-16)29-14-28-20/h1-11H,12-14H2,(H,25,27). The van der Waals surface area contributed by atoms with E-state index in [0.29, 0.717) is 40.3 Å². The molecule has 1 aliphatic rings. The maximum absolute atomic E-state index is 13.1. The van der Waals surface area contributed by atoms with Gasteiger partial charge < -0.3 is 19.7 Å². The number of amides is 2. The summed E-state index contributed by atoms with van der Waals surface area (Å²) in [5, 5.41) is 3.76. The number of halogens is 2. The third-order valence-electron chi connectivity index (χ3n) is 4.49. The predicted octanol–water partition coefficient (Wildman–Crippen LogP) is 5.96. The highest BCUT2D eigenvalue weighted by Crippen LogP contribution is 2.33. The minimum absolute atomic E-state index is 0.210. The summed E-state index contributed by atoms with van der Waals surface area (Å²) in [5.41, 5.74) is 2.46. The lowest BCUT2D eigenvalue weighted by atomic mass is 10.1. The monoisotopic (exact) mass is 428 g/mol. The van der Waals surface area contributed by atoms with E-state index in [9.17, 15) is 4.79 Å². The molecular formula is C22H18Cl2N2O3. The Kier molecular flexibility index (Phi) is 5.79. The fourth-order valence-electron chi connectivity index (χ4n) is 3.05. The zero-order valence-corrected chi connectivity index (χ0v) is 16.9. The molecule has 0 unspecified atom stereocenters. The van der Waals surface area contributed by atoms with Crippen LogP contribution in [0.2, 0.25) is 10.0 Å². The highest BCUT2D eigenvalue weighted by Gasteiger charge is 2.19. The summed E-state index contributed by atoms with van der Waals surface area (Å²) in [5.74, 6) is 1.39. The van der Waals surface area contributed by atoms with E-state index in [1.54, 1.807) is 23.1 Å². The minimum Gasteiger partial charge on any atom is -0.454 e. The van der Waals surface area contributed by atoms with Crippen molar-refractivity contribution in [2.24, 2.45) is 0 Å². The molecule has 0 fully saturated rings. The molecule has 0 aliphatic carbocycles. The molecule has 29 heavy (non-hydrogen) atoms. The van der Waals surface area contributed by atoms with Gasteiger partial charge >= 0.3 is 6.03 Å². The lowest BCUT2D eigenvalue weighted by Gasteiger charge is -2.24. The van der Waals surface area contributed by atoms with E-state index in [2.05, 4.69) is 5.32 Å². The lowest BCUT2D eigenvalue weighted by molar-refractivity contribution is 0.174. The molecule has 1 aliphatic heterocycles. The Morgan fingerprint density at radius 2 is 1.66 bits per heavy atom. The van der Waals surface area contributed by atoms with Crippen molar-refractivity contribution in [1.82, 2.24) is 4.90 Å². The van der Waals surface area contributed by atoms with Gasteiger partial charge in [-0.05, 0) is 41.5 Å². The minimum atomic E-state index is -0.268. The number of benzene rings is 3. The molecule has 5 nitrogen and oxygen atoms in total. The summed E-state index contributed by atoms with van der Waals surface area (Å²) in [6.45, 7) is 1.04. The van der Waals surface area contributed by atoms with Gasteiger partial charge in [0.25, 0.3) is 0 Å². The van der Waals surface area contributed by atoms with Crippen LogP contribution in [0.1, 0.15) is 11.1 Å². The molecule has 2 amide bonds. The fraction of sp³-hybridized carbons (Fsp3) is 0.136. The third-order valence-corrected chi connectivity index (χ3v) is 5.03. The maximum atomic E-state index is 13.1. The SMILES string of the molecule is O=C(Nc1ccc(Cl)cc1Cl)N(Cc1ccccc1)Cc1ccc2c(c1)OCO2. The first-order chi connectivity index (χ1) is 14.1. The van der Waals surface area contributed by atoms with Crippen LogP contribution < -0.4 is 14.8 Å². The maximum Gasteiger partial charge on any atom is 0.322 e. The molecule has 7 heteroatoms. The van der Waals surface area contributed by atoms with E-state index < -0.39 is 0 Å². The number of hydrogen-bond donors (Lipinski definition) is 1. The van der Waals surface area contributed by atoms with Crippen molar-refractivity contribution in [1.29, 1.82) is 0 Å². The molecule has 0 bridgehead atoms. The first kappa shape index (κ1) is 19.4. The predicted molar refractivity (Wildman–Crippen MR) is 114 cm³/mol. The number of carbonyl (C=O) groups excluding carboxylic acids is 1. The van der Waals surface area contributed by atoms with E-state index in [4.69, 9.17) is 32.7 Å². The largest absolute Gasteiger partial charge is 0.454 e. The number of nitrogens with zero attached hydrogens (tertiary/aromatic N) is 1. The van der Waals surface area contributed by atoms with Gasteiger partial charge in [0.1, 0.15) is 0 Å². The molecule has 1 N–H and O–H groups in total. The highest BCUT2D eigenvalue weighted by molar-refractivity contribution is 6.36. The van der Waals surface area contributed by atoms with Gasteiger partial charge in [-0.3, -0.25) is 0 Å². The molecule has 1 heterocycles. The van der Waals surface area contributed by atoms with Crippen molar-refractivity contribution in [3.05, 3.63) is 87.9 Å². The van der Waals surface area contributed by atoms with Crippen LogP contribution in [0, 0.1) is 0 Å². The smallest absolute Gasteiger partial charge is 0.322 e. The highest BCUT2D eigenvalue weighted by atomic mass is 35.5. The van der Waals surface area contributed by atoms with Gasteiger partial charge in [0, 0.05) is 18.1 Å². The summed E-state index contributed by atoms with van der Waals surface area (Å²) in [6, 6.07) is 20.2. The second-order valence-corrected chi connectivity index (χ2v) is 7.43. The number of fused-ring (bicyclic) bond motifs is 1. The lowest BCUT2D eigenvalue weighted by Crippen LogP contribution is -2.34. The van der Waals surface area contributed by atoms with Crippen molar-refractivity contribution < 1.29 is 14.3 Å². The molecule has 0 saturated heterocycles. The molecule has 3 aromatic carbocycles. The van der Waals surface area contributed by atoms with Gasteiger partial charge in [0.15, 0.2) is 11.5 Å². The second kappa shape index (κ2) is 8.64. The van der Waals surface area contributed by atoms with Crippen LogP contribution in [0.15, 0.2) is 66.7 Å². The van der Waals surface area contributed by atoms with E-state index in [1.807, 2.05) is 48.5 Å². The summed E-state index contributed by atoms with van der Waals surface area (Å²) < 4.78 is 10.8. The van der Waals surface area contributed by atoms with Crippen LogP contribution in [0.5, 0.6) is 11.5 Å². The van der Waals surface area contributed by atoms with Crippen molar-refractivity contribution >= 4 is 34.9 Å². The number of ether oxygens (including phenoxy) is 2. The topological polar surface area (TPSA) is 50.8 Å². The summed E-state index contributed by atoms with van der Waals surface area (Å²) in [4.78, 5) is 14.8. The van der Waals surface area contributed by atoms with E-state index in [0.717, 1.165) is 11.1 Å². The fourth-order valence-corrected chi connectivity index (χ4v) is 3.50. The number of carbonyl (C=O) groups is 1. The van der Waals surface area contributed by atoms with E-state index in [1.165, 1.54) is 0 Å². The Balaban J connectivity index is 1.56. The molecule has 0 aromatic heterocycles. The number of anilines is 1. The molecule has 0 saturated carbocycles. The van der Waals surface area contributed by atoms with Crippen LogP contribution in [-0.2, 0) is 13.1 Å². The molecule has 0 radical (unpaired) electrons. The Labute approximate surface area is 178 Å². The molecular weight excluding hydrogens is 411 g/mol. The van der Waals surface area contributed by atoms with Gasteiger partial charge in [0.05, 0.1) is 10.7 Å². The van der Waals surface area contributed by atoms with E-state index >= 15 is 0 Å². The number of nitrogens with one attached hydrogen (secondary N) is 1. The Bertz CT molecular complexity index is 1030. The average Bonchev–Trinajstić information content (AvgIpc) is 3.18. The molecule has 0 spiro atoms. The van der Waals surface area contributed by atoms with Gasteiger partial charge in [-0.2, -0.15) is 0 Å². The average molecular weight is 429 g/mol. The van der Waals surface area contributed by atoms with Crippen LogP contribution in [0.3, 0.4) is 0 Å². The van der Waals surface area contributed by atoms with Crippen molar-refractivity contribution in [3.8, 4) is 11.5 Å². The first-order valence-corrected chi connectivity index (χ1v) is 9.77. The van der Waals surface area contributed by atoms with Crippen LogP contribution in [0.4, 0.5) is 10.5 Å². The summed E-state index contributed by atoms with van der Waals surface area (Å²) in [6.07, 6.45) is 0. The number of urea groups is 1. The van der Waals surface area contributed by atoms with Crippen LogP contribution in [-0.4, -0.2) is 17.7 Å². The zero-order valence-electron chi connectivity index (χ0n) is 15.4. The van der Waals surface area contributed by atoms with Crippen LogP contribution >= 0.6 is 23.2 Å². The van der Waals surface area contributed by atoms with Crippen molar-refractivity contribution in [2.75, 3.05) is 12.1 Å². The Hall–Kier alpha value is -2.89. The molecule has 0 atom stereocenters. The van der Waals surface area contributed by atoms with Crippen molar-refractivity contribution in [2.45, 2.75) is 13.1 Å². The van der Waals surface area contributed by atoms with Gasteiger partial charge in [-0.25, -0.2) is 4.79 Å². The second-order valence-electron chi connectivity index (χ2n) is 6.58. The third kappa shape index (κ3) is 4.75. The summed E-state index contributed by atoms with van der Waals surface area (Å²) >= 11 is 12.2. The molecule has 148 valence electrons. The summed E-state index contributed by atoms with van der Waals surface area (Å²) in [7, 11) is 0. The Morgan fingerprint density at radius 1 is 0.897 bits per heavy atom. The first-order valence-electron chi connectivity index (χ1n) is 9.02. The Morgan fingerprint density at radius 3 is 2.45 bits per heavy atom. The van der Waals surface area contributed by atoms with Gasteiger partial charge in [-0.1, -0.05) is 59.6 Å². The van der Waals surface area contributed by atoms with Gasteiger partial charge in [0.2, 0.25) is 6.79 Å². The van der Waals surface area contributed by atoms with Crippen LogP contribution in [0.25, 0.3) is 0 Å². The van der Waals surface area contributed by atoms with E-state index in [-0.39, 0.29) is 12.8 Å². The number of rotatable bonds is 5. The van der Waals surface area contributed by atoms with Gasteiger partial charge in [-0.15, -0.1) is 0 Å². The number of hydrogen-bond acceptors (Lipinski definition) is 3.